The molecular formula is C20H24F2N2O4. The fourth-order valence-electron chi connectivity index (χ4n) is 3.09. The van der Waals surface area contributed by atoms with Gasteiger partial charge in [-0.3, -0.25) is 9.59 Å². The van der Waals surface area contributed by atoms with Gasteiger partial charge in [-0.05, 0) is 48.1 Å². The van der Waals surface area contributed by atoms with E-state index in [1.165, 1.54) is 22.8 Å². The summed E-state index contributed by atoms with van der Waals surface area (Å²) in [7, 11) is 3.26. The highest BCUT2D eigenvalue weighted by Crippen LogP contribution is 2.36. The lowest BCUT2D eigenvalue weighted by Gasteiger charge is -2.24. The van der Waals surface area contributed by atoms with E-state index in [1.54, 1.807) is 32.3 Å². The number of ether oxygens (including phenoxy) is 2. The average molecular weight is 394 g/mol. The Morgan fingerprint density at radius 3 is 2.54 bits per heavy atom. The molecule has 1 aliphatic heterocycles. The summed E-state index contributed by atoms with van der Waals surface area (Å²) in [5.41, 5.74) is 1.46. The Hall–Kier alpha value is -2.64. The van der Waals surface area contributed by atoms with Gasteiger partial charge in [0.25, 0.3) is 0 Å². The number of halogens is 2. The van der Waals surface area contributed by atoms with Crippen LogP contribution >= 0.6 is 0 Å². The molecular weight excluding hydrogens is 370 g/mol. The Morgan fingerprint density at radius 1 is 1.25 bits per heavy atom. The standard InChI is InChI=1S/C20H24F2N2O4/c1-12(25)24-10-15(8-16(24)19(26)23(2)3)14-6-7-17(28-20(21)22)18(9-14)27-11-13-4-5-13/h6-9,13,16,20H,4-5,10-11H2,1-3H3. The number of nitrogens with zero attached hydrogens (tertiary/aromatic N) is 2. The second-order valence-corrected chi connectivity index (χ2v) is 7.31. The molecule has 2 amide bonds. The molecule has 1 unspecified atom stereocenters. The lowest BCUT2D eigenvalue weighted by atomic mass is 10.1. The molecule has 0 N–H and O–H groups in total. The summed E-state index contributed by atoms with van der Waals surface area (Å²) in [6.07, 6.45) is 3.87. The van der Waals surface area contributed by atoms with Crippen molar-refractivity contribution in [3.63, 3.8) is 0 Å². The number of amides is 2. The van der Waals surface area contributed by atoms with Gasteiger partial charge in [-0.15, -0.1) is 0 Å². The zero-order valence-corrected chi connectivity index (χ0v) is 16.2. The molecule has 1 atom stereocenters. The average Bonchev–Trinajstić information content (AvgIpc) is 3.35. The second kappa shape index (κ2) is 8.16. The number of likely N-dealkylation sites (N-methyl/N-ethyl adjacent to an activating group) is 1. The first kappa shape index (κ1) is 20.1. The van der Waals surface area contributed by atoms with Gasteiger partial charge in [-0.1, -0.05) is 6.07 Å². The fourth-order valence-corrected chi connectivity index (χ4v) is 3.09. The molecule has 0 aromatic heterocycles. The normalized spacial score (nSPS) is 18.9. The molecule has 1 saturated carbocycles. The maximum atomic E-state index is 12.7. The van der Waals surface area contributed by atoms with E-state index in [0.29, 0.717) is 18.1 Å². The van der Waals surface area contributed by atoms with Gasteiger partial charge in [-0.2, -0.15) is 8.78 Å². The Balaban J connectivity index is 1.88. The van der Waals surface area contributed by atoms with Crippen molar-refractivity contribution >= 4 is 17.4 Å². The summed E-state index contributed by atoms with van der Waals surface area (Å²) in [6.45, 7) is -0.827. The van der Waals surface area contributed by atoms with Crippen molar-refractivity contribution in [2.24, 2.45) is 5.92 Å². The van der Waals surface area contributed by atoms with E-state index in [0.717, 1.165) is 18.4 Å². The van der Waals surface area contributed by atoms with Gasteiger partial charge in [0.1, 0.15) is 6.04 Å². The third-order valence-electron chi connectivity index (χ3n) is 4.84. The van der Waals surface area contributed by atoms with Crippen LogP contribution in [0.3, 0.4) is 0 Å². The molecule has 1 aliphatic carbocycles. The molecule has 2 aliphatic rings. The lowest BCUT2D eigenvalue weighted by Crippen LogP contribution is -2.44. The number of hydrogen-bond acceptors (Lipinski definition) is 4. The van der Waals surface area contributed by atoms with Crippen LogP contribution in [0.1, 0.15) is 25.3 Å². The fraction of sp³-hybridized carbons (Fsp3) is 0.500. The summed E-state index contributed by atoms with van der Waals surface area (Å²) >= 11 is 0. The second-order valence-electron chi connectivity index (χ2n) is 7.31. The molecule has 8 heteroatoms. The highest BCUT2D eigenvalue weighted by molar-refractivity contribution is 5.93. The number of carbonyl (C=O) groups is 2. The van der Waals surface area contributed by atoms with E-state index in [9.17, 15) is 18.4 Å². The van der Waals surface area contributed by atoms with Gasteiger partial charge < -0.3 is 19.3 Å². The predicted octanol–water partition coefficient (Wildman–Crippen LogP) is 2.78. The Labute approximate surface area is 162 Å². The topological polar surface area (TPSA) is 59.1 Å². The van der Waals surface area contributed by atoms with Crippen molar-refractivity contribution in [3.8, 4) is 11.5 Å². The molecule has 0 bridgehead atoms. The van der Waals surface area contributed by atoms with E-state index in [1.807, 2.05) is 0 Å². The number of hydrogen-bond donors (Lipinski definition) is 0. The third kappa shape index (κ3) is 4.61. The van der Waals surface area contributed by atoms with Gasteiger partial charge >= 0.3 is 6.61 Å². The van der Waals surface area contributed by atoms with E-state index in [2.05, 4.69) is 4.74 Å². The van der Waals surface area contributed by atoms with E-state index in [4.69, 9.17) is 4.74 Å². The van der Waals surface area contributed by atoms with Crippen LogP contribution < -0.4 is 9.47 Å². The molecule has 1 heterocycles. The van der Waals surface area contributed by atoms with Gasteiger partial charge in [-0.25, -0.2) is 0 Å². The number of benzene rings is 1. The Bertz CT molecular complexity index is 790. The number of rotatable bonds is 7. The summed E-state index contributed by atoms with van der Waals surface area (Å²) in [4.78, 5) is 27.3. The highest BCUT2D eigenvalue weighted by Gasteiger charge is 2.34. The third-order valence-corrected chi connectivity index (χ3v) is 4.84. The summed E-state index contributed by atoms with van der Waals surface area (Å²) in [5.74, 6) is 0.246. The maximum absolute atomic E-state index is 12.7. The van der Waals surface area contributed by atoms with Crippen molar-refractivity contribution in [3.05, 3.63) is 29.8 Å². The first-order valence-corrected chi connectivity index (χ1v) is 9.17. The van der Waals surface area contributed by atoms with Crippen LogP contribution in [0.15, 0.2) is 24.3 Å². The quantitative estimate of drug-likeness (QED) is 0.714. The van der Waals surface area contributed by atoms with Crippen molar-refractivity contribution in [2.45, 2.75) is 32.4 Å². The molecule has 1 fully saturated rings. The van der Waals surface area contributed by atoms with Gasteiger partial charge in [0.15, 0.2) is 11.5 Å². The van der Waals surface area contributed by atoms with E-state index in [-0.39, 0.29) is 29.9 Å². The van der Waals surface area contributed by atoms with Crippen LogP contribution in [-0.4, -0.2) is 61.5 Å². The van der Waals surface area contributed by atoms with Crippen LogP contribution in [0.2, 0.25) is 0 Å². The monoisotopic (exact) mass is 394 g/mol. The first-order chi connectivity index (χ1) is 13.3. The van der Waals surface area contributed by atoms with Gasteiger partial charge in [0.2, 0.25) is 11.8 Å². The van der Waals surface area contributed by atoms with Crippen LogP contribution in [0.4, 0.5) is 8.78 Å². The maximum Gasteiger partial charge on any atom is 0.387 e. The minimum absolute atomic E-state index is 0.0256. The molecule has 3 rings (SSSR count). The molecule has 6 nitrogen and oxygen atoms in total. The first-order valence-electron chi connectivity index (χ1n) is 9.17. The molecule has 1 aromatic carbocycles. The van der Waals surface area contributed by atoms with Gasteiger partial charge in [0, 0.05) is 27.6 Å². The molecule has 0 spiro atoms. The van der Waals surface area contributed by atoms with Crippen LogP contribution in [0.25, 0.3) is 5.57 Å². The zero-order valence-electron chi connectivity index (χ0n) is 16.2. The van der Waals surface area contributed by atoms with Crippen LogP contribution in [0.5, 0.6) is 11.5 Å². The van der Waals surface area contributed by atoms with Crippen molar-refractivity contribution in [2.75, 3.05) is 27.2 Å². The molecule has 152 valence electrons. The predicted molar refractivity (Wildman–Crippen MR) is 99.1 cm³/mol. The lowest BCUT2D eigenvalue weighted by molar-refractivity contribution is -0.140. The molecule has 0 saturated heterocycles. The number of alkyl halides is 2. The summed E-state index contributed by atoms with van der Waals surface area (Å²) in [6, 6.07) is 4.01. The smallest absolute Gasteiger partial charge is 0.387 e. The van der Waals surface area contributed by atoms with Gasteiger partial charge in [0.05, 0.1) is 6.61 Å². The largest absolute Gasteiger partial charge is 0.489 e. The van der Waals surface area contributed by atoms with Crippen LogP contribution in [0, 0.1) is 5.92 Å². The number of carbonyl (C=O) groups excluding carboxylic acids is 2. The SMILES string of the molecule is CC(=O)N1CC(c2ccc(OC(F)F)c(OCC3CC3)c2)=CC1C(=O)N(C)C. The van der Waals surface area contributed by atoms with E-state index >= 15 is 0 Å². The molecule has 28 heavy (non-hydrogen) atoms. The van der Waals surface area contributed by atoms with Crippen molar-refractivity contribution < 1.29 is 27.8 Å². The minimum Gasteiger partial charge on any atom is -0.489 e. The Morgan fingerprint density at radius 2 is 1.96 bits per heavy atom. The summed E-state index contributed by atoms with van der Waals surface area (Å²) < 4.78 is 35.7. The van der Waals surface area contributed by atoms with E-state index < -0.39 is 12.7 Å². The zero-order chi connectivity index (χ0) is 20.4. The molecule has 1 aromatic rings. The van der Waals surface area contributed by atoms with Crippen molar-refractivity contribution in [1.82, 2.24) is 9.80 Å². The minimum atomic E-state index is -2.95. The van der Waals surface area contributed by atoms with Crippen molar-refractivity contribution in [1.29, 1.82) is 0 Å². The van der Waals surface area contributed by atoms with Crippen LogP contribution in [-0.2, 0) is 9.59 Å². The summed E-state index contributed by atoms with van der Waals surface area (Å²) in [5, 5.41) is 0. The highest BCUT2D eigenvalue weighted by atomic mass is 19.3. The molecule has 0 radical (unpaired) electrons. The Kier molecular flexibility index (Phi) is 5.86.